The Kier molecular flexibility index (Phi) is 7.23. The Labute approximate surface area is 189 Å². The summed E-state index contributed by atoms with van der Waals surface area (Å²) in [5.74, 6) is -0.661. The molecule has 172 valence electrons. The van der Waals surface area contributed by atoms with Gasteiger partial charge in [-0.1, -0.05) is 18.2 Å². The lowest BCUT2D eigenvalue weighted by Crippen LogP contribution is -2.40. The first-order valence-electron chi connectivity index (χ1n) is 10.8. The lowest BCUT2D eigenvalue weighted by molar-refractivity contribution is -0.149. The van der Waals surface area contributed by atoms with Crippen LogP contribution in [0.15, 0.2) is 41.3 Å². The number of rotatable bonds is 6. The summed E-state index contributed by atoms with van der Waals surface area (Å²) in [6.45, 7) is 8.46. The van der Waals surface area contributed by atoms with Gasteiger partial charge in [-0.3, -0.25) is 14.3 Å². The summed E-state index contributed by atoms with van der Waals surface area (Å²) in [5, 5.41) is 0. The van der Waals surface area contributed by atoms with Gasteiger partial charge in [-0.25, -0.2) is 8.42 Å². The SMILES string of the molecule is CCOC(=O)C1CCN(C(=O)c2ccc(C)c(S(=O)(=O)Nc3cccc(C)c3C)c2)CC1. The number of carbonyl (C=O) groups excluding carboxylic acids is 2. The zero-order valence-corrected chi connectivity index (χ0v) is 19.8. The lowest BCUT2D eigenvalue weighted by Gasteiger charge is -2.31. The third kappa shape index (κ3) is 5.12. The molecule has 1 aliphatic rings. The molecule has 2 aromatic rings. The number of ether oxygens (including phenoxy) is 1. The van der Waals surface area contributed by atoms with Crippen LogP contribution in [0, 0.1) is 26.7 Å². The molecule has 0 atom stereocenters. The summed E-state index contributed by atoms with van der Waals surface area (Å²) in [4.78, 5) is 26.7. The van der Waals surface area contributed by atoms with E-state index in [9.17, 15) is 18.0 Å². The molecule has 0 aliphatic carbocycles. The highest BCUT2D eigenvalue weighted by atomic mass is 32.2. The van der Waals surface area contributed by atoms with E-state index in [0.29, 0.717) is 49.4 Å². The highest BCUT2D eigenvalue weighted by molar-refractivity contribution is 7.92. The maximum Gasteiger partial charge on any atom is 0.309 e. The van der Waals surface area contributed by atoms with Crippen LogP contribution in [-0.4, -0.2) is 44.9 Å². The normalized spacial score (nSPS) is 14.8. The number of hydrogen-bond donors (Lipinski definition) is 1. The van der Waals surface area contributed by atoms with Gasteiger partial charge in [-0.2, -0.15) is 0 Å². The number of likely N-dealkylation sites (tertiary alicyclic amines) is 1. The van der Waals surface area contributed by atoms with E-state index in [0.717, 1.165) is 11.1 Å². The molecule has 0 unspecified atom stereocenters. The molecule has 0 radical (unpaired) electrons. The zero-order valence-electron chi connectivity index (χ0n) is 19.0. The van der Waals surface area contributed by atoms with Crippen molar-refractivity contribution >= 4 is 27.6 Å². The van der Waals surface area contributed by atoms with Crippen LogP contribution in [0.2, 0.25) is 0 Å². The smallest absolute Gasteiger partial charge is 0.309 e. The summed E-state index contributed by atoms with van der Waals surface area (Å²) < 4.78 is 34.0. The molecule has 1 amide bonds. The van der Waals surface area contributed by atoms with Gasteiger partial charge in [0.1, 0.15) is 0 Å². The standard InChI is InChI=1S/C24H30N2O5S/c1-5-31-24(28)19-11-13-26(14-12-19)23(27)20-10-9-17(3)22(15-20)32(29,30)25-21-8-6-7-16(2)18(21)4/h6-10,15,19,25H,5,11-14H2,1-4H3. The minimum absolute atomic E-state index is 0.0747. The second-order valence-corrected chi connectivity index (χ2v) is 9.80. The number of hydrogen-bond acceptors (Lipinski definition) is 5. The molecule has 7 nitrogen and oxygen atoms in total. The Morgan fingerprint density at radius 3 is 2.41 bits per heavy atom. The first kappa shape index (κ1) is 23.8. The van der Waals surface area contributed by atoms with Crippen molar-refractivity contribution in [3.63, 3.8) is 0 Å². The van der Waals surface area contributed by atoms with Crippen LogP contribution in [0.4, 0.5) is 5.69 Å². The van der Waals surface area contributed by atoms with Crippen LogP contribution in [0.25, 0.3) is 0 Å². The van der Waals surface area contributed by atoms with Crippen molar-refractivity contribution in [1.29, 1.82) is 0 Å². The molecule has 1 aliphatic heterocycles. The maximum atomic E-state index is 13.1. The average Bonchev–Trinajstić information content (AvgIpc) is 2.77. The molecule has 0 aromatic heterocycles. The molecule has 0 bridgehead atoms. The van der Waals surface area contributed by atoms with Gasteiger partial charge in [-0.05, 0) is 75.4 Å². The predicted octanol–water partition coefficient (Wildman–Crippen LogP) is 3.83. The van der Waals surface area contributed by atoms with E-state index >= 15 is 0 Å². The molecule has 1 fully saturated rings. The number of carbonyl (C=O) groups is 2. The third-order valence-electron chi connectivity index (χ3n) is 5.98. The van der Waals surface area contributed by atoms with Crippen LogP contribution in [-0.2, 0) is 19.6 Å². The fraction of sp³-hybridized carbons (Fsp3) is 0.417. The molecular formula is C24H30N2O5S. The second-order valence-electron chi connectivity index (χ2n) is 8.15. The van der Waals surface area contributed by atoms with Gasteiger partial charge in [0.05, 0.1) is 23.1 Å². The number of benzene rings is 2. The summed E-state index contributed by atoms with van der Waals surface area (Å²) in [6, 6.07) is 10.2. The predicted molar refractivity (Wildman–Crippen MR) is 123 cm³/mol. The highest BCUT2D eigenvalue weighted by Gasteiger charge is 2.29. The van der Waals surface area contributed by atoms with Crippen molar-refractivity contribution in [2.75, 3.05) is 24.4 Å². The van der Waals surface area contributed by atoms with Crippen LogP contribution >= 0.6 is 0 Å². The number of sulfonamides is 1. The van der Waals surface area contributed by atoms with Crippen molar-refractivity contribution in [2.24, 2.45) is 5.92 Å². The van der Waals surface area contributed by atoms with Crippen molar-refractivity contribution in [1.82, 2.24) is 4.90 Å². The van der Waals surface area contributed by atoms with Crippen LogP contribution in [0.1, 0.15) is 46.8 Å². The van der Waals surface area contributed by atoms with E-state index < -0.39 is 10.0 Å². The molecule has 3 rings (SSSR count). The summed E-state index contributed by atoms with van der Waals surface area (Å²) in [6.07, 6.45) is 1.07. The third-order valence-corrected chi connectivity index (χ3v) is 7.48. The number of piperidine rings is 1. The highest BCUT2D eigenvalue weighted by Crippen LogP contribution is 2.26. The summed E-state index contributed by atoms with van der Waals surface area (Å²) in [7, 11) is -3.88. The van der Waals surface area contributed by atoms with E-state index in [1.54, 1.807) is 43.0 Å². The number of aryl methyl sites for hydroxylation is 2. The molecule has 8 heteroatoms. The molecule has 0 spiro atoms. The van der Waals surface area contributed by atoms with Gasteiger partial charge < -0.3 is 9.64 Å². The Hall–Kier alpha value is -2.87. The van der Waals surface area contributed by atoms with Crippen LogP contribution in [0.5, 0.6) is 0 Å². The fourth-order valence-electron chi connectivity index (χ4n) is 3.84. The lowest BCUT2D eigenvalue weighted by atomic mass is 9.96. The van der Waals surface area contributed by atoms with Crippen molar-refractivity contribution in [2.45, 2.75) is 45.4 Å². The van der Waals surface area contributed by atoms with Crippen molar-refractivity contribution < 1.29 is 22.7 Å². The van der Waals surface area contributed by atoms with E-state index in [4.69, 9.17) is 4.74 Å². The Balaban J connectivity index is 1.79. The second kappa shape index (κ2) is 9.73. The first-order valence-corrected chi connectivity index (χ1v) is 12.3. The quantitative estimate of drug-likeness (QED) is 0.664. The minimum Gasteiger partial charge on any atom is -0.466 e. The Bertz CT molecular complexity index is 1120. The van der Waals surface area contributed by atoms with Gasteiger partial charge in [0.15, 0.2) is 0 Å². The molecule has 1 N–H and O–H groups in total. The van der Waals surface area contributed by atoms with E-state index in [1.807, 2.05) is 19.9 Å². The molecule has 0 saturated carbocycles. The largest absolute Gasteiger partial charge is 0.466 e. The molecule has 1 saturated heterocycles. The van der Waals surface area contributed by atoms with Crippen molar-refractivity contribution in [3.05, 3.63) is 58.7 Å². The number of esters is 1. The Morgan fingerprint density at radius 2 is 1.75 bits per heavy atom. The number of anilines is 1. The van der Waals surface area contributed by atoms with Crippen molar-refractivity contribution in [3.8, 4) is 0 Å². The summed E-state index contributed by atoms with van der Waals surface area (Å²) in [5.41, 5.74) is 3.22. The minimum atomic E-state index is -3.88. The zero-order chi connectivity index (χ0) is 23.5. The monoisotopic (exact) mass is 458 g/mol. The van der Waals surface area contributed by atoms with E-state index in [2.05, 4.69) is 4.72 Å². The van der Waals surface area contributed by atoms with E-state index in [-0.39, 0.29) is 22.7 Å². The maximum absolute atomic E-state index is 13.1. The van der Waals surface area contributed by atoms with Crippen LogP contribution < -0.4 is 4.72 Å². The number of nitrogens with zero attached hydrogens (tertiary/aromatic N) is 1. The van der Waals surface area contributed by atoms with Crippen LogP contribution in [0.3, 0.4) is 0 Å². The average molecular weight is 459 g/mol. The molecule has 1 heterocycles. The molecule has 32 heavy (non-hydrogen) atoms. The van der Waals surface area contributed by atoms with Gasteiger partial charge >= 0.3 is 5.97 Å². The first-order chi connectivity index (χ1) is 15.1. The van der Waals surface area contributed by atoms with Gasteiger partial charge in [-0.15, -0.1) is 0 Å². The molecule has 2 aromatic carbocycles. The topological polar surface area (TPSA) is 92.8 Å². The molecular weight excluding hydrogens is 428 g/mol. The van der Waals surface area contributed by atoms with Gasteiger partial charge in [0.25, 0.3) is 15.9 Å². The summed E-state index contributed by atoms with van der Waals surface area (Å²) >= 11 is 0. The Morgan fingerprint density at radius 1 is 1.06 bits per heavy atom. The van der Waals surface area contributed by atoms with Gasteiger partial charge in [0, 0.05) is 18.7 Å². The van der Waals surface area contributed by atoms with Gasteiger partial charge in [0.2, 0.25) is 0 Å². The number of nitrogens with one attached hydrogen (secondary N) is 1. The van der Waals surface area contributed by atoms with E-state index in [1.165, 1.54) is 6.07 Å². The fourth-order valence-corrected chi connectivity index (χ4v) is 5.24. The number of amides is 1.